The molecule has 0 aromatic heterocycles. The maximum Gasteiger partial charge on any atom is 0.234 e. The summed E-state index contributed by atoms with van der Waals surface area (Å²) >= 11 is 10.4. The first kappa shape index (κ1) is 20.5. The number of allylic oxidation sites excluding steroid dienone is 1. The van der Waals surface area contributed by atoms with Crippen molar-refractivity contribution in [3.63, 3.8) is 0 Å². The summed E-state index contributed by atoms with van der Waals surface area (Å²) in [4.78, 5) is 24.4. The van der Waals surface area contributed by atoms with Gasteiger partial charge in [0.15, 0.2) is 0 Å². The predicted octanol–water partition coefficient (Wildman–Crippen LogP) is 4.81. The van der Waals surface area contributed by atoms with Crippen LogP contribution in [0.4, 0.5) is 5.69 Å². The Morgan fingerprint density at radius 3 is 2.57 bits per heavy atom. The third-order valence-corrected chi connectivity index (χ3v) is 5.90. The number of hydrogen-bond acceptors (Lipinski definition) is 4. The van der Waals surface area contributed by atoms with E-state index in [1.54, 1.807) is 24.3 Å². The minimum Gasteiger partial charge on any atom is -0.325 e. The minimum absolute atomic E-state index is 0.0736. The van der Waals surface area contributed by atoms with Gasteiger partial charge in [-0.25, -0.2) is 0 Å². The van der Waals surface area contributed by atoms with E-state index in [0.717, 1.165) is 21.8 Å². The molecule has 0 unspecified atom stereocenters. The summed E-state index contributed by atoms with van der Waals surface area (Å²) in [5.74, 6) is -0.688. The summed E-state index contributed by atoms with van der Waals surface area (Å²) in [6.45, 7) is 0. The maximum atomic E-state index is 12.2. The van der Waals surface area contributed by atoms with Crippen LogP contribution < -0.4 is 10.6 Å². The lowest BCUT2D eigenvalue weighted by atomic mass is 9.87. The third kappa shape index (κ3) is 5.16. The van der Waals surface area contributed by atoms with Gasteiger partial charge in [0.2, 0.25) is 11.8 Å². The summed E-state index contributed by atoms with van der Waals surface area (Å²) < 4.78 is 0.918. The number of benzene rings is 2. The Hall–Kier alpha value is -2.27. The number of amides is 2. The highest BCUT2D eigenvalue weighted by molar-refractivity contribution is 9.10. The van der Waals surface area contributed by atoms with Gasteiger partial charge in [-0.05, 0) is 42.0 Å². The lowest BCUT2D eigenvalue weighted by molar-refractivity contribution is -0.121. The average molecular weight is 477 g/mol. The van der Waals surface area contributed by atoms with Crippen molar-refractivity contribution in [3.05, 3.63) is 74.2 Å². The molecule has 3 rings (SSSR count). The zero-order chi connectivity index (χ0) is 20.1. The number of hydrogen-bond donors (Lipinski definition) is 2. The van der Waals surface area contributed by atoms with Gasteiger partial charge in [-0.15, -0.1) is 0 Å². The van der Waals surface area contributed by atoms with Gasteiger partial charge >= 0.3 is 0 Å². The Kier molecular flexibility index (Phi) is 6.79. The smallest absolute Gasteiger partial charge is 0.234 e. The van der Waals surface area contributed by atoms with E-state index in [-0.39, 0.29) is 29.9 Å². The number of nitrogens with zero attached hydrogens (tertiary/aromatic N) is 1. The number of halogens is 2. The summed E-state index contributed by atoms with van der Waals surface area (Å²) in [6.07, 6.45) is 0.180. The van der Waals surface area contributed by atoms with Crippen molar-refractivity contribution >= 4 is 56.8 Å². The molecule has 1 aliphatic heterocycles. The fourth-order valence-corrected chi connectivity index (χ4v) is 4.05. The Balaban J connectivity index is 1.73. The van der Waals surface area contributed by atoms with Crippen molar-refractivity contribution < 1.29 is 9.59 Å². The fraction of sp³-hybridized carbons (Fsp3) is 0.150. The highest BCUT2D eigenvalue weighted by atomic mass is 79.9. The first-order valence-corrected chi connectivity index (χ1v) is 10.5. The van der Waals surface area contributed by atoms with Gasteiger partial charge in [0, 0.05) is 27.5 Å². The van der Waals surface area contributed by atoms with Gasteiger partial charge < -0.3 is 10.6 Å². The molecule has 2 N–H and O–H groups in total. The molecule has 1 atom stereocenters. The van der Waals surface area contributed by atoms with Crippen molar-refractivity contribution in [2.45, 2.75) is 12.3 Å². The molecule has 28 heavy (non-hydrogen) atoms. The van der Waals surface area contributed by atoms with Gasteiger partial charge in [-0.1, -0.05) is 51.4 Å². The molecule has 0 bridgehead atoms. The standard InChI is InChI=1S/C20H15BrClN3O2S/c21-13-3-7-15(8-4-13)24-19(27)11-28-20-17(10-23)16(9-18(26)25-20)12-1-5-14(22)6-2-12/h1-8,16H,9,11H2,(H,24,27)(H,25,26)/t16-/m0/s1. The number of anilines is 1. The summed E-state index contributed by atoms with van der Waals surface area (Å²) in [6, 6.07) is 16.5. The van der Waals surface area contributed by atoms with Gasteiger partial charge in [0.25, 0.3) is 0 Å². The molecule has 0 radical (unpaired) electrons. The van der Waals surface area contributed by atoms with Crippen LogP contribution in [0, 0.1) is 11.3 Å². The van der Waals surface area contributed by atoms with Gasteiger partial charge in [0.1, 0.15) is 0 Å². The molecule has 0 fully saturated rings. The second kappa shape index (κ2) is 9.28. The SMILES string of the molecule is N#CC1=C(SCC(=O)Nc2ccc(Br)cc2)NC(=O)C[C@H]1c1ccc(Cl)cc1. The average Bonchev–Trinajstić information content (AvgIpc) is 2.68. The van der Waals surface area contributed by atoms with E-state index in [1.165, 1.54) is 0 Å². The van der Waals surface area contributed by atoms with Crippen LogP contribution in [0.15, 0.2) is 63.6 Å². The molecule has 0 spiro atoms. The first-order valence-electron chi connectivity index (χ1n) is 8.34. The van der Waals surface area contributed by atoms with Crippen molar-refractivity contribution in [2.24, 2.45) is 0 Å². The molecule has 0 saturated carbocycles. The van der Waals surface area contributed by atoms with Crippen LogP contribution in [-0.2, 0) is 9.59 Å². The molecule has 2 amide bonds. The lowest BCUT2D eigenvalue weighted by Crippen LogP contribution is -2.31. The van der Waals surface area contributed by atoms with Crippen molar-refractivity contribution in [3.8, 4) is 6.07 Å². The zero-order valence-electron chi connectivity index (χ0n) is 14.5. The van der Waals surface area contributed by atoms with Crippen molar-refractivity contribution in [2.75, 3.05) is 11.1 Å². The molecule has 0 aliphatic carbocycles. The molecule has 0 saturated heterocycles. The molecule has 1 heterocycles. The van der Waals surface area contributed by atoms with Crippen LogP contribution in [0.2, 0.25) is 5.02 Å². The Morgan fingerprint density at radius 1 is 1.25 bits per heavy atom. The van der Waals surface area contributed by atoms with Gasteiger partial charge in [-0.3, -0.25) is 9.59 Å². The van der Waals surface area contributed by atoms with Crippen LogP contribution in [-0.4, -0.2) is 17.6 Å². The van der Waals surface area contributed by atoms with Crippen LogP contribution in [0.25, 0.3) is 0 Å². The first-order chi connectivity index (χ1) is 13.5. The number of carbonyl (C=O) groups is 2. The maximum absolute atomic E-state index is 12.2. The number of rotatable bonds is 5. The number of carbonyl (C=O) groups excluding carboxylic acids is 2. The van der Waals surface area contributed by atoms with E-state index in [9.17, 15) is 14.9 Å². The van der Waals surface area contributed by atoms with Crippen LogP contribution in [0.3, 0.4) is 0 Å². The molecule has 5 nitrogen and oxygen atoms in total. The Morgan fingerprint density at radius 2 is 1.93 bits per heavy atom. The van der Waals surface area contributed by atoms with E-state index in [2.05, 4.69) is 32.6 Å². The topological polar surface area (TPSA) is 82.0 Å². The third-order valence-electron chi connectivity index (χ3n) is 4.10. The molecule has 2 aromatic carbocycles. The Labute approximate surface area is 180 Å². The normalized spacial score (nSPS) is 16.3. The predicted molar refractivity (Wildman–Crippen MR) is 115 cm³/mol. The minimum atomic E-state index is -0.354. The van der Waals surface area contributed by atoms with E-state index in [0.29, 0.717) is 21.3 Å². The molecule has 142 valence electrons. The number of thioether (sulfide) groups is 1. The second-order valence-electron chi connectivity index (χ2n) is 6.05. The van der Waals surface area contributed by atoms with E-state index in [4.69, 9.17) is 11.6 Å². The summed E-state index contributed by atoms with van der Waals surface area (Å²) in [5.41, 5.74) is 1.96. The van der Waals surface area contributed by atoms with E-state index >= 15 is 0 Å². The monoisotopic (exact) mass is 475 g/mol. The van der Waals surface area contributed by atoms with Gasteiger partial charge in [0.05, 0.1) is 22.4 Å². The molecule has 8 heteroatoms. The molecule has 1 aliphatic rings. The molecular weight excluding hydrogens is 462 g/mol. The van der Waals surface area contributed by atoms with Gasteiger partial charge in [-0.2, -0.15) is 5.26 Å². The molecular formula is C20H15BrClN3O2S. The Bertz CT molecular complexity index is 968. The van der Waals surface area contributed by atoms with Crippen molar-refractivity contribution in [1.82, 2.24) is 5.32 Å². The molecule has 2 aromatic rings. The van der Waals surface area contributed by atoms with Crippen LogP contribution in [0.1, 0.15) is 17.9 Å². The number of nitrogens with one attached hydrogen (secondary N) is 2. The largest absolute Gasteiger partial charge is 0.325 e. The van der Waals surface area contributed by atoms with E-state index in [1.807, 2.05) is 24.3 Å². The van der Waals surface area contributed by atoms with E-state index < -0.39 is 0 Å². The fourth-order valence-electron chi connectivity index (χ4n) is 2.78. The van der Waals surface area contributed by atoms with Crippen molar-refractivity contribution in [1.29, 1.82) is 5.26 Å². The highest BCUT2D eigenvalue weighted by Gasteiger charge is 2.29. The second-order valence-corrected chi connectivity index (χ2v) is 8.39. The summed E-state index contributed by atoms with van der Waals surface area (Å²) in [5, 5.41) is 16.2. The summed E-state index contributed by atoms with van der Waals surface area (Å²) in [7, 11) is 0. The quantitative estimate of drug-likeness (QED) is 0.648. The zero-order valence-corrected chi connectivity index (χ0v) is 17.7. The lowest BCUT2D eigenvalue weighted by Gasteiger charge is -2.25. The highest BCUT2D eigenvalue weighted by Crippen LogP contribution is 2.36. The number of nitriles is 1. The van der Waals surface area contributed by atoms with Crippen LogP contribution in [0.5, 0.6) is 0 Å². The van der Waals surface area contributed by atoms with Crippen LogP contribution >= 0.6 is 39.3 Å².